The molecule has 170 valence electrons. The summed E-state index contributed by atoms with van der Waals surface area (Å²) in [6.45, 7) is 0.598. The highest BCUT2D eigenvalue weighted by Gasteiger charge is 2.33. The lowest BCUT2D eigenvalue weighted by atomic mass is 9.95. The largest absolute Gasteiger partial charge is 0.472 e. The number of aliphatic carboxylic acids is 1. The van der Waals surface area contributed by atoms with Crippen molar-refractivity contribution in [3.05, 3.63) is 59.7 Å². The SMILES string of the molecule is O=C(O)C#CCNC(=O)[C@@H]1CCC[C@@H]1CNC(=O)OCC1c2ccccc2-c2ccccc21. The molecule has 2 aromatic carbocycles. The first-order valence-electron chi connectivity index (χ1n) is 11.1. The van der Waals surface area contributed by atoms with Crippen LogP contribution >= 0.6 is 0 Å². The van der Waals surface area contributed by atoms with Gasteiger partial charge in [0.15, 0.2) is 0 Å². The molecule has 33 heavy (non-hydrogen) atoms. The normalized spacial score (nSPS) is 18.4. The van der Waals surface area contributed by atoms with Crippen molar-refractivity contribution in [3.63, 3.8) is 0 Å². The fourth-order valence-electron chi connectivity index (χ4n) is 4.87. The predicted octanol–water partition coefficient (Wildman–Crippen LogP) is 3.15. The molecule has 0 radical (unpaired) electrons. The molecule has 0 spiro atoms. The molecule has 1 fully saturated rings. The summed E-state index contributed by atoms with van der Waals surface area (Å²) in [5, 5.41) is 14.0. The molecule has 1 saturated carbocycles. The third kappa shape index (κ3) is 5.17. The number of hydrogen-bond acceptors (Lipinski definition) is 4. The van der Waals surface area contributed by atoms with Gasteiger partial charge in [-0.15, -0.1) is 0 Å². The number of carboxylic acids is 1. The zero-order valence-electron chi connectivity index (χ0n) is 18.2. The van der Waals surface area contributed by atoms with E-state index in [1.807, 2.05) is 30.2 Å². The van der Waals surface area contributed by atoms with Gasteiger partial charge in [0.05, 0.1) is 6.54 Å². The molecule has 4 rings (SSSR count). The lowest BCUT2D eigenvalue weighted by Crippen LogP contribution is -2.38. The van der Waals surface area contributed by atoms with E-state index in [9.17, 15) is 14.4 Å². The Kier molecular flexibility index (Phi) is 6.94. The molecule has 2 atom stereocenters. The van der Waals surface area contributed by atoms with E-state index in [2.05, 4.69) is 40.8 Å². The van der Waals surface area contributed by atoms with E-state index in [4.69, 9.17) is 9.84 Å². The molecule has 2 aromatic rings. The lowest BCUT2D eigenvalue weighted by molar-refractivity contribution is -0.130. The number of carbonyl (C=O) groups excluding carboxylic acids is 2. The summed E-state index contributed by atoms with van der Waals surface area (Å²) in [5.74, 6) is 2.76. The van der Waals surface area contributed by atoms with Crippen molar-refractivity contribution in [1.29, 1.82) is 0 Å². The second-order valence-corrected chi connectivity index (χ2v) is 8.33. The van der Waals surface area contributed by atoms with Crippen molar-refractivity contribution in [2.75, 3.05) is 19.7 Å². The molecule has 0 bridgehead atoms. The summed E-state index contributed by atoms with van der Waals surface area (Å²) in [6.07, 6.45) is 1.98. The van der Waals surface area contributed by atoms with Crippen molar-refractivity contribution < 1.29 is 24.2 Å². The quantitative estimate of drug-likeness (QED) is 0.592. The van der Waals surface area contributed by atoms with E-state index in [0.29, 0.717) is 6.54 Å². The van der Waals surface area contributed by atoms with Crippen LogP contribution in [0.1, 0.15) is 36.3 Å². The van der Waals surface area contributed by atoms with E-state index in [1.165, 1.54) is 11.1 Å². The van der Waals surface area contributed by atoms with E-state index < -0.39 is 12.1 Å². The number of amides is 2. The molecular formula is C26H26N2O5. The molecule has 7 nitrogen and oxygen atoms in total. The Labute approximate surface area is 192 Å². The van der Waals surface area contributed by atoms with Crippen molar-refractivity contribution >= 4 is 18.0 Å². The van der Waals surface area contributed by atoms with Crippen molar-refractivity contribution in [2.45, 2.75) is 25.2 Å². The van der Waals surface area contributed by atoms with Crippen LogP contribution in [-0.4, -0.2) is 42.8 Å². The fourth-order valence-corrected chi connectivity index (χ4v) is 4.87. The Morgan fingerprint density at radius 3 is 2.30 bits per heavy atom. The van der Waals surface area contributed by atoms with Crippen LogP contribution in [0.25, 0.3) is 11.1 Å². The van der Waals surface area contributed by atoms with Gasteiger partial charge in [-0.25, -0.2) is 9.59 Å². The van der Waals surface area contributed by atoms with Gasteiger partial charge < -0.3 is 20.5 Å². The number of benzene rings is 2. The molecule has 0 aromatic heterocycles. The number of carbonyl (C=O) groups is 3. The summed E-state index contributed by atoms with van der Waals surface area (Å²) in [7, 11) is 0. The number of nitrogens with one attached hydrogen (secondary N) is 2. The van der Waals surface area contributed by atoms with Crippen LogP contribution in [0, 0.1) is 23.7 Å². The van der Waals surface area contributed by atoms with Crippen molar-refractivity contribution in [1.82, 2.24) is 10.6 Å². The van der Waals surface area contributed by atoms with Crippen LogP contribution in [0.3, 0.4) is 0 Å². The first-order valence-corrected chi connectivity index (χ1v) is 11.1. The Bertz CT molecular complexity index is 1070. The average molecular weight is 447 g/mol. The van der Waals surface area contributed by atoms with Crippen LogP contribution in [-0.2, 0) is 14.3 Å². The summed E-state index contributed by atoms with van der Waals surface area (Å²) >= 11 is 0. The minimum Gasteiger partial charge on any atom is -0.472 e. The Morgan fingerprint density at radius 1 is 0.970 bits per heavy atom. The molecule has 2 aliphatic rings. The average Bonchev–Trinajstić information content (AvgIpc) is 3.42. The molecule has 2 aliphatic carbocycles. The third-order valence-corrected chi connectivity index (χ3v) is 6.39. The zero-order valence-corrected chi connectivity index (χ0v) is 18.2. The smallest absolute Gasteiger partial charge is 0.407 e. The van der Waals surface area contributed by atoms with Crippen LogP contribution in [0.5, 0.6) is 0 Å². The highest BCUT2D eigenvalue weighted by Crippen LogP contribution is 2.44. The lowest BCUT2D eigenvalue weighted by Gasteiger charge is -2.19. The van der Waals surface area contributed by atoms with Crippen LogP contribution < -0.4 is 10.6 Å². The standard InChI is InChI=1S/C26H26N2O5/c29-24(30)13-6-14-27-25(31)18-12-5-7-17(18)15-28-26(32)33-16-23-21-10-3-1-8-19(21)20-9-2-4-11-22(20)23/h1-4,8-11,17-18,23H,5,7,12,14-16H2,(H,27,31)(H,28,32)(H,29,30)/t17-,18-/m1/s1. The number of rotatable bonds is 6. The second kappa shape index (κ2) is 10.2. The van der Waals surface area contributed by atoms with Gasteiger partial charge >= 0.3 is 12.1 Å². The fraction of sp³-hybridized carbons (Fsp3) is 0.346. The minimum atomic E-state index is -1.23. The van der Waals surface area contributed by atoms with E-state index >= 15 is 0 Å². The Balaban J connectivity index is 1.28. The first kappa shape index (κ1) is 22.4. The predicted molar refractivity (Wildman–Crippen MR) is 122 cm³/mol. The summed E-state index contributed by atoms with van der Waals surface area (Å²) in [4.78, 5) is 35.3. The second-order valence-electron chi connectivity index (χ2n) is 8.33. The molecule has 0 saturated heterocycles. The maximum absolute atomic E-state index is 12.4. The highest BCUT2D eigenvalue weighted by molar-refractivity contribution is 5.86. The minimum absolute atomic E-state index is 0.0000636. The van der Waals surface area contributed by atoms with Crippen LogP contribution in [0.2, 0.25) is 0 Å². The summed E-state index contributed by atoms with van der Waals surface area (Å²) in [6, 6.07) is 16.3. The monoisotopic (exact) mass is 446 g/mol. The van der Waals surface area contributed by atoms with Crippen LogP contribution in [0.15, 0.2) is 48.5 Å². The molecular weight excluding hydrogens is 420 g/mol. The van der Waals surface area contributed by atoms with Gasteiger partial charge in [0, 0.05) is 24.3 Å². The van der Waals surface area contributed by atoms with Gasteiger partial charge in [-0.05, 0) is 41.0 Å². The third-order valence-electron chi connectivity index (χ3n) is 6.39. The van der Waals surface area contributed by atoms with Crippen molar-refractivity contribution in [3.8, 4) is 23.0 Å². The molecule has 2 amide bonds. The Morgan fingerprint density at radius 2 is 1.64 bits per heavy atom. The number of carboxylic acid groups (broad SMARTS) is 1. The van der Waals surface area contributed by atoms with Gasteiger partial charge in [0.25, 0.3) is 0 Å². The van der Waals surface area contributed by atoms with Gasteiger partial charge in [-0.1, -0.05) is 60.9 Å². The zero-order chi connectivity index (χ0) is 23.2. The molecule has 0 unspecified atom stereocenters. The number of fused-ring (bicyclic) bond motifs is 3. The maximum atomic E-state index is 12.4. The molecule has 0 aliphatic heterocycles. The van der Waals surface area contributed by atoms with E-state index in [0.717, 1.165) is 30.4 Å². The molecule has 3 N–H and O–H groups in total. The molecule has 0 heterocycles. The number of alkyl carbamates (subject to hydrolysis) is 1. The summed E-state index contributed by atoms with van der Waals surface area (Å²) < 4.78 is 5.57. The highest BCUT2D eigenvalue weighted by atomic mass is 16.5. The topological polar surface area (TPSA) is 105 Å². The van der Waals surface area contributed by atoms with Gasteiger partial charge in [-0.3, -0.25) is 4.79 Å². The number of hydrogen-bond donors (Lipinski definition) is 3. The first-order chi connectivity index (χ1) is 16.0. The maximum Gasteiger partial charge on any atom is 0.407 e. The van der Waals surface area contributed by atoms with Gasteiger partial charge in [-0.2, -0.15) is 0 Å². The van der Waals surface area contributed by atoms with Crippen LogP contribution in [0.4, 0.5) is 4.79 Å². The van der Waals surface area contributed by atoms with Gasteiger partial charge in [0.1, 0.15) is 6.61 Å². The van der Waals surface area contributed by atoms with E-state index in [-0.39, 0.29) is 36.8 Å². The summed E-state index contributed by atoms with van der Waals surface area (Å²) in [5.41, 5.74) is 4.67. The van der Waals surface area contributed by atoms with E-state index in [1.54, 1.807) is 0 Å². The molecule has 7 heteroatoms. The van der Waals surface area contributed by atoms with Crippen molar-refractivity contribution in [2.24, 2.45) is 11.8 Å². The van der Waals surface area contributed by atoms with Gasteiger partial charge in [0.2, 0.25) is 5.91 Å². The number of ether oxygens (including phenoxy) is 1. The Hall–Kier alpha value is -3.79.